The second-order valence-electron chi connectivity index (χ2n) is 5.03. The smallest absolute Gasteiger partial charge is 0.0624 e. The molecule has 1 N–H and O–H groups in total. The molecule has 1 fully saturated rings. The van der Waals surface area contributed by atoms with Crippen molar-refractivity contribution in [2.75, 3.05) is 32.8 Å². The zero-order valence-corrected chi connectivity index (χ0v) is 11.3. The maximum Gasteiger partial charge on any atom is 0.0624 e. The minimum absolute atomic E-state index is 0.580. The Labute approximate surface area is 101 Å². The monoisotopic (exact) mass is 228 g/mol. The van der Waals surface area contributed by atoms with E-state index in [4.69, 9.17) is 4.74 Å². The molecule has 2 atom stereocenters. The Hall–Kier alpha value is -0.120. The first kappa shape index (κ1) is 13.9. The highest BCUT2D eigenvalue weighted by Gasteiger charge is 2.26. The molecule has 1 heterocycles. The maximum atomic E-state index is 5.62. The van der Waals surface area contributed by atoms with Crippen molar-refractivity contribution in [1.82, 2.24) is 10.2 Å². The first-order valence-electron chi connectivity index (χ1n) is 6.74. The summed E-state index contributed by atoms with van der Waals surface area (Å²) in [5.41, 5.74) is 0. The van der Waals surface area contributed by atoms with Gasteiger partial charge >= 0.3 is 0 Å². The summed E-state index contributed by atoms with van der Waals surface area (Å²) in [6.07, 6.45) is 1.22. The summed E-state index contributed by atoms with van der Waals surface area (Å²) in [6, 6.07) is 1.24. The number of hydrogen-bond acceptors (Lipinski definition) is 3. The first-order valence-corrected chi connectivity index (χ1v) is 6.74. The summed E-state index contributed by atoms with van der Waals surface area (Å²) in [6.45, 7) is 14.1. The van der Waals surface area contributed by atoms with Gasteiger partial charge in [0, 0.05) is 38.3 Å². The Kier molecular flexibility index (Phi) is 6.32. The molecule has 16 heavy (non-hydrogen) atoms. The molecule has 2 unspecified atom stereocenters. The molecule has 0 aromatic carbocycles. The molecule has 0 amide bonds. The van der Waals surface area contributed by atoms with Gasteiger partial charge in [0.15, 0.2) is 0 Å². The van der Waals surface area contributed by atoms with Crippen molar-refractivity contribution in [3.8, 4) is 0 Å². The highest BCUT2D eigenvalue weighted by Crippen LogP contribution is 2.14. The van der Waals surface area contributed by atoms with Crippen molar-refractivity contribution in [2.24, 2.45) is 5.92 Å². The van der Waals surface area contributed by atoms with Gasteiger partial charge in [-0.15, -0.1) is 0 Å². The van der Waals surface area contributed by atoms with E-state index in [9.17, 15) is 0 Å². The van der Waals surface area contributed by atoms with E-state index in [-0.39, 0.29) is 0 Å². The second-order valence-corrected chi connectivity index (χ2v) is 5.03. The van der Waals surface area contributed by atoms with Crippen LogP contribution in [0.1, 0.15) is 34.1 Å². The van der Waals surface area contributed by atoms with Gasteiger partial charge in [0.1, 0.15) is 0 Å². The van der Waals surface area contributed by atoms with Crippen LogP contribution in [0.5, 0.6) is 0 Å². The molecule has 0 aromatic heterocycles. The molecule has 0 radical (unpaired) electrons. The van der Waals surface area contributed by atoms with Crippen molar-refractivity contribution in [1.29, 1.82) is 0 Å². The largest absolute Gasteiger partial charge is 0.380 e. The summed E-state index contributed by atoms with van der Waals surface area (Å²) in [7, 11) is 0. The van der Waals surface area contributed by atoms with Crippen LogP contribution in [-0.4, -0.2) is 49.8 Å². The van der Waals surface area contributed by atoms with Crippen LogP contribution < -0.4 is 5.32 Å². The van der Waals surface area contributed by atoms with Gasteiger partial charge in [-0.25, -0.2) is 0 Å². The lowest BCUT2D eigenvalue weighted by molar-refractivity contribution is 0.0294. The van der Waals surface area contributed by atoms with Gasteiger partial charge < -0.3 is 10.1 Å². The number of ether oxygens (including phenoxy) is 1. The van der Waals surface area contributed by atoms with E-state index < -0.39 is 0 Å². The average molecular weight is 228 g/mol. The SMILES string of the molecule is CCOCC(C(C)C)N1CCNC(CC)C1. The molecule has 0 spiro atoms. The van der Waals surface area contributed by atoms with Gasteiger partial charge in [-0.3, -0.25) is 4.90 Å². The topological polar surface area (TPSA) is 24.5 Å². The Morgan fingerprint density at radius 1 is 1.38 bits per heavy atom. The third-order valence-electron chi connectivity index (χ3n) is 3.51. The van der Waals surface area contributed by atoms with Gasteiger partial charge in [0.2, 0.25) is 0 Å². The molecule has 0 saturated carbocycles. The Morgan fingerprint density at radius 3 is 2.69 bits per heavy atom. The van der Waals surface area contributed by atoms with E-state index in [2.05, 4.69) is 37.9 Å². The molecular formula is C13H28N2O. The van der Waals surface area contributed by atoms with Crippen LogP contribution >= 0.6 is 0 Å². The molecule has 0 aromatic rings. The summed E-state index contributed by atoms with van der Waals surface area (Å²) < 4.78 is 5.62. The lowest BCUT2D eigenvalue weighted by Crippen LogP contribution is -2.56. The predicted octanol–water partition coefficient (Wildman–Crippen LogP) is 1.73. The van der Waals surface area contributed by atoms with Crippen molar-refractivity contribution in [3.63, 3.8) is 0 Å². The fraction of sp³-hybridized carbons (Fsp3) is 1.00. The molecule has 96 valence electrons. The zero-order chi connectivity index (χ0) is 12.0. The van der Waals surface area contributed by atoms with Gasteiger partial charge in [-0.2, -0.15) is 0 Å². The molecule has 3 heteroatoms. The third kappa shape index (κ3) is 4.04. The minimum atomic E-state index is 0.580. The summed E-state index contributed by atoms with van der Waals surface area (Å²) in [5.74, 6) is 0.669. The van der Waals surface area contributed by atoms with Gasteiger partial charge in [-0.05, 0) is 19.3 Å². The van der Waals surface area contributed by atoms with Crippen LogP contribution in [0.15, 0.2) is 0 Å². The Morgan fingerprint density at radius 2 is 2.12 bits per heavy atom. The van der Waals surface area contributed by atoms with Gasteiger partial charge in [0.05, 0.1) is 6.61 Å². The van der Waals surface area contributed by atoms with Crippen molar-refractivity contribution >= 4 is 0 Å². The van der Waals surface area contributed by atoms with Crippen molar-refractivity contribution < 1.29 is 4.74 Å². The third-order valence-corrected chi connectivity index (χ3v) is 3.51. The molecule has 0 aliphatic carbocycles. The quantitative estimate of drug-likeness (QED) is 0.749. The average Bonchev–Trinajstić information content (AvgIpc) is 2.29. The highest BCUT2D eigenvalue weighted by atomic mass is 16.5. The lowest BCUT2D eigenvalue weighted by atomic mass is 10.0. The molecule has 1 aliphatic heterocycles. The summed E-state index contributed by atoms with van der Waals surface area (Å²) in [4.78, 5) is 2.60. The molecule has 1 aliphatic rings. The van der Waals surface area contributed by atoms with E-state index in [0.717, 1.165) is 26.3 Å². The van der Waals surface area contributed by atoms with Crippen molar-refractivity contribution in [3.05, 3.63) is 0 Å². The first-order chi connectivity index (χ1) is 7.69. The number of rotatable bonds is 6. The maximum absolute atomic E-state index is 5.62. The fourth-order valence-corrected chi connectivity index (χ4v) is 2.38. The molecule has 1 saturated heterocycles. The van der Waals surface area contributed by atoms with Crippen molar-refractivity contribution in [2.45, 2.75) is 46.2 Å². The molecular weight excluding hydrogens is 200 g/mol. The number of piperazine rings is 1. The molecule has 1 rings (SSSR count). The Bertz CT molecular complexity index is 185. The van der Waals surface area contributed by atoms with Crippen LogP contribution in [-0.2, 0) is 4.74 Å². The van der Waals surface area contributed by atoms with Gasteiger partial charge in [-0.1, -0.05) is 20.8 Å². The second kappa shape index (κ2) is 7.25. The number of nitrogens with zero attached hydrogens (tertiary/aromatic N) is 1. The van der Waals surface area contributed by atoms with Crippen LogP contribution in [0.2, 0.25) is 0 Å². The van der Waals surface area contributed by atoms with E-state index >= 15 is 0 Å². The van der Waals surface area contributed by atoms with Crippen LogP contribution in [0.25, 0.3) is 0 Å². The zero-order valence-electron chi connectivity index (χ0n) is 11.3. The summed E-state index contributed by atoms with van der Waals surface area (Å²) >= 11 is 0. The highest BCUT2D eigenvalue weighted by molar-refractivity contribution is 4.83. The van der Waals surface area contributed by atoms with Crippen LogP contribution in [0.3, 0.4) is 0 Å². The minimum Gasteiger partial charge on any atom is -0.380 e. The Balaban J connectivity index is 2.48. The number of nitrogens with one attached hydrogen (secondary N) is 1. The number of hydrogen-bond donors (Lipinski definition) is 1. The molecule has 0 bridgehead atoms. The fourth-order valence-electron chi connectivity index (χ4n) is 2.38. The lowest BCUT2D eigenvalue weighted by Gasteiger charge is -2.40. The van der Waals surface area contributed by atoms with Crippen LogP contribution in [0.4, 0.5) is 0 Å². The van der Waals surface area contributed by atoms with E-state index in [1.807, 2.05) is 0 Å². The van der Waals surface area contributed by atoms with E-state index in [1.54, 1.807) is 0 Å². The molecule has 3 nitrogen and oxygen atoms in total. The normalized spacial score (nSPS) is 24.9. The van der Waals surface area contributed by atoms with E-state index in [0.29, 0.717) is 18.0 Å². The van der Waals surface area contributed by atoms with Gasteiger partial charge in [0.25, 0.3) is 0 Å². The summed E-state index contributed by atoms with van der Waals surface area (Å²) in [5, 5.41) is 3.57. The standard InChI is InChI=1S/C13H28N2O/c1-5-12-9-15(8-7-14-12)13(11(3)4)10-16-6-2/h11-14H,5-10H2,1-4H3. The van der Waals surface area contributed by atoms with Crippen LogP contribution in [0, 0.1) is 5.92 Å². The predicted molar refractivity (Wildman–Crippen MR) is 68.8 cm³/mol. The van der Waals surface area contributed by atoms with E-state index in [1.165, 1.54) is 13.0 Å².